The van der Waals surface area contributed by atoms with E-state index in [4.69, 9.17) is 9.47 Å². The van der Waals surface area contributed by atoms with Gasteiger partial charge in [-0.05, 0) is 36.4 Å². The summed E-state index contributed by atoms with van der Waals surface area (Å²) in [7, 11) is -3.99. The third-order valence-corrected chi connectivity index (χ3v) is 7.97. The summed E-state index contributed by atoms with van der Waals surface area (Å²) in [6.45, 7) is 2.93. The largest absolute Gasteiger partial charge is 0.486 e. The zero-order chi connectivity index (χ0) is 24.3. The van der Waals surface area contributed by atoms with Gasteiger partial charge in [-0.3, -0.25) is 9.10 Å². The molecule has 0 unspecified atom stereocenters. The number of nitrogens with zero attached hydrogens (tertiary/aromatic N) is 3. The van der Waals surface area contributed by atoms with Gasteiger partial charge < -0.3 is 19.3 Å². The minimum absolute atomic E-state index is 0.122. The fraction of sp³-hybridized carbons (Fsp3) is 0.269. The molecule has 0 bridgehead atoms. The lowest BCUT2D eigenvalue weighted by molar-refractivity contribution is -0.129. The molecule has 0 radical (unpaired) electrons. The number of sulfonamides is 1. The van der Waals surface area contributed by atoms with Crippen molar-refractivity contribution in [3.8, 4) is 11.5 Å². The molecule has 5 rings (SSSR count). The van der Waals surface area contributed by atoms with Gasteiger partial charge in [-0.15, -0.1) is 0 Å². The van der Waals surface area contributed by atoms with Gasteiger partial charge >= 0.3 is 0 Å². The van der Waals surface area contributed by atoms with Gasteiger partial charge in [-0.1, -0.05) is 36.4 Å². The molecule has 0 aromatic heterocycles. The monoisotopic (exact) mass is 493 g/mol. The van der Waals surface area contributed by atoms with E-state index in [-0.39, 0.29) is 17.3 Å². The van der Waals surface area contributed by atoms with Gasteiger partial charge in [0.2, 0.25) is 5.91 Å². The molecule has 3 aromatic carbocycles. The first-order valence-corrected chi connectivity index (χ1v) is 13.0. The van der Waals surface area contributed by atoms with Crippen LogP contribution < -0.4 is 18.7 Å². The molecule has 2 aliphatic heterocycles. The van der Waals surface area contributed by atoms with Gasteiger partial charge in [-0.25, -0.2) is 8.42 Å². The first-order valence-electron chi connectivity index (χ1n) is 11.6. The highest BCUT2D eigenvalue weighted by atomic mass is 32.2. The number of carbonyl (C=O) groups is 1. The third kappa shape index (κ3) is 4.90. The number of carbonyl (C=O) groups excluding carboxylic acids is 1. The summed E-state index contributed by atoms with van der Waals surface area (Å²) in [5.74, 6) is 0.776. The second-order valence-electron chi connectivity index (χ2n) is 8.36. The molecule has 182 valence electrons. The van der Waals surface area contributed by atoms with Crippen molar-refractivity contribution in [1.82, 2.24) is 4.90 Å². The second kappa shape index (κ2) is 9.87. The molecule has 0 atom stereocenters. The van der Waals surface area contributed by atoms with E-state index in [1.54, 1.807) is 41.3 Å². The zero-order valence-electron chi connectivity index (χ0n) is 19.2. The Kier molecular flexibility index (Phi) is 6.50. The van der Waals surface area contributed by atoms with Crippen LogP contribution >= 0.6 is 0 Å². The van der Waals surface area contributed by atoms with E-state index < -0.39 is 10.0 Å². The maximum atomic E-state index is 13.6. The Morgan fingerprint density at radius 2 is 1.43 bits per heavy atom. The van der Waals surface area contributed by atoms with Crippen LogP contribution in [0.2, 0.25) is 0 Å². The Balaban J connectivity index is 1.38. The molecule has 2 heterocycles. The van der Waals surface area contributed by atoms with Crippen LogP contribution in [0.25, 0.3) is 0 Å². The lowest BCUT2D eigenvalue weighted by Crippen LogP contribution is -2.52. The molecule has 1 fully saturated rings. The summed E-state index contributed by atoms with van der Waals surface area (Å²) in [5.41, 5.74) is 1.47. The Bertz CT molecular complexity index is 1280. The molecule has 0 N–H and O–H groups in total. The van der Waals surface area contributed by atoms with E-state index in [1.165, 1.54) is 12.1 Å². The summed E-state index contributed by atoms with van der Waals surface area (Å²) in [4.78, 5) is 17.4. The smallest absolute Gasteiger partial charge is 0.264 e. The van der Waals surface area contributed by atoms with Crippen LogP contribution in [-0.2, 0) is 14.8 Å². The number of amides is 1. The highest BCUT2D eigenvalue weighted by Gasteiger charge is 2.31. The van der Waals surface area contributed by atoms with Crippen molar-refractivity contribution in [3.05, 3.63) is 78.9 Å². The number of para-hydroxylation sites is 1. The van der Waals surface area contributed by atoms with E-state index in [9.17, 15) is 13.2 Å². The minimum atomic E-state index is -3.99. The van der Waals surface area contributed by atoms with Gasteiger partial charge in [0.15, 0.2) is 11.5 Å². The molecule has 8 nitrogen and oxygen atoms in total. The number of piperazine rings is 1. The topological polar surface area (TPSA) is 79.4 Å². The van der Waals surface area contributed by atoms with Crippen LogP contribution in [0.4, 0.5) is 11.4 Å². The Hall–Kier alpha value is -3.72. The highest BCUT2D eigenvalue weighted by molar-refractivity contribution is 7.92. The van der Waals surface area contributed by atoms with Crippen molar-refractivity contribution in [2.24, 2.45) is 0 Å². The number of ether oxygens (including phenoxy) is 2. The third-order valence-electron chi connectivity index (χ3n) is 6.18. The summed E-state index contributed by atoms with van der Waals surface area (Å²) < 4.78 is 39.7. The predicted molar refractivity (Wildman–Crippen MR) is 134 cm³/mol. The predicted octanol–water partition coefficient (Wildman–Crippen LogP) is 3.00. The average Bonchev–Trinajstić information content (AvgIpc) is 2.92. The van der Waals surface area contributed by atoms with Gasteiger partial charge in [0.25, 0.3) is 10.0 Å². The normalized spacial score (nSPS) is 15.5. The lowest BCUT2D eigenvalue weighted by Gasteiger charge is -2.37. The Labute approximate surface area is 205 Å². The minimum Gasteiger partial charge on any atom is -0.486 e. The van der Waals surface area contributed by atoms with Crippen molar-refractivity contribution in [3.63, 3.8) is 0 Å². The number of anilines is 2. The zero-order valence-corrected chi connectivity index (χ0v) is 20.1. The van der Waals surface area contributed by atoms with E-state index in [0.29, 0.717) is 56.6 Å². The van der Waals surface area contributed by atoms with E-state index in [1.807, 2.05) is 30.3 Å². The van der Waals surface area contributed by atoms with E-state index in [0.717, 1.165) is 9.99 Å². The van der Waals surface area contributed by atoms with Crippen LogP contribution in [0.1, 0.15) is 0 Å². The molecule has 35 heavy (non-hydrogen) atoms. The molecule has 2 aliphatic rings. The standard InChI is InChI=1S/C26H27N3O5S/c30-26(28-15-13-27(14-16-28)21-7-3-1-4-8-21)20-29(35(31,32)23-9-5-2-6-10-23)22-11-12-24-25(19-22)34-18-17-33-24/h1-12,19H,13-18,20H2. The van der Waals surface area contributed by atoms with Crippen molar-refractivity contribution in [1.29, 1.82) is 0 Å². The van der Waals surface area contributed by atoms with E-state index in [2.05, 4.69) is 4.90 Å². The summed E-state index contributed by atoms with van der Waals surface area (Å²) in [6.07, 6.45) is 0. The maximum Gasteiger partial charge on any atom is 0.264 e. The molecule has 1 saturated heterocycles. The van der Waals surface area contributed by atoms with Crippen LogP contribution in [-0.4, -0.2) is 65.2 Å². The summed E-state index contributed by atoms with van der Waals surface area (Å²) in [5, 5.41) is 0. The highest BCUT2D eigenvalue weighted by Crippen LogP contribution is 2.35. The van der Waals surface area contributed by atoms with Gasteiger partial charge in [-0.2, -0.15) is 0 Å². The molecular formula is C26H27N3O5S. The molecule has 0 spiro atoms. The average molecular weight is 494 g/mol. The molecule has 0 aliphatic carbocycles. The Morgan fingerprint density at radius 1 is 0.800 bits per heavy atom. The molecule has 9 heteroatoms. The first-order chi connectivity index (χ1) is 17.0. The van der Waals surface area contributed by atoms with Crippen molar-refractivity contribution >= 4 is 27.3 Å². The molecule has 3 aromatic rings. The molecule has 1 amide bonds. The lowest BCUT2D eigenvalue weighted by atomic mass is 10.2. The molecular weight excluding hydrogens is 466 g/mol. The van der Waals surface area contributed by atoms with Crippen molar-refractivity contribution < 1.29 is 22.7 Å². The van der Waals surface area contributed by atoms with Crippen LogP contribution in [0.5, 0.6) is 11.5 Å². The quantitative estimate of drug-likeness (QED) is 0.525. The fourth-order valence-corrected chi connectivity index (χ4v) is 5.72. The number of fused-ring (bicyclic) bond motifs is 1. The van der Waals surface area contributed by atoms with E-state index >= 15 is 0 Å². The number of hydrogen-bond donors (Lipinski definition) is 0. The first kappa shape index (κ1) is 23.0. The van der Waals surface area contributed by atoms with Gasteiger partial charge in [0, 0.05) is 37.9 Å². The van der Waals surface area contributed by atoms with Crippen molar-refractivity contribution in [2.45, 2.75) is 4.90 Å². The maximum absolute atomic E-state index is 13.6. The Morgan fingerprint density at radius 3 is 2.11 bits per heavy atom. The van der Waals surface area contributed by atoms with Gasteiger partial charge in [0.05, 0.1) is 10.6 Å². The SMILES string of the molecule is O=C(CN(c1ccc2c(c1)OCCO2)S(=O)(=O)c1ccccc1)N1CCN(c2ccccc2)CC1. The number of benzene rings is 3. The van der Waals surface area contributed by atoms with Crippen LogP contribution in [0, 0.1) is 0 Å². The van der Waals surface area contributed by atoms with Crippen LogP contribution in [0.3, 0.4) is 0 Å². The van der Waals surface area contributed by atoms with Gasteiger partial charge in [0.1, 0.15) is 19.8 Å². The summed E-state index contributed by atoms with van der Waals surface area (Å²) >= 11 is 0. The van der Waals surface area contributed by atoms with Crippen molar-refractivity contribution in [2.75, 3.05) is 55.1 Å². The fourth-order valence-electron chi connectivity index (χ4n) is 4.30. The van der Waals surface area contributed by atoms with Crippen LogP contribution in [0.15, 0.2) is 83.8 Å². The second-order valence-corrected chi connectivity index (χ2v) is 10.2. The summed E-state index contributed by atoms with van der Waals surface area (Å²) in [6, 6.07) is 23.2. The number of hydrogen-bond acceptors (Lipinski definition) is 6. The molecule has 0 saturated carbocycles. The number of rotatable bonds is 6.